The van der Waals surface area contributed by atoms with Gasteiger partial charge in [-0.1, -0.05) is 23.8 Å². The Hall–Kier alpha value is -3.78. The highest BCUT2D eigenvalue weighted by molar-refractivity contribution is 7.17. The van der Waals surface area contributed by atoms with Gasteiger partial charge in [-0.3, -0.25) is 9.59 Å². The number of carboxylic acids is 1. The van der Waals surface area contributed by atoms with Gasteiger partial charge in [-0.25, -0.2) is 9.97 Å². The van der Waals surface area contributed by atoms with Gasteiger partial charge in [-0.2, -0.15) is 0 Å². The van der Waals surface area contributed by atoms with Crippen molar-refractivity contribution in [2.75, 3.05) is 11.9 Å². The summed E-state index contributed by atoms with van der Waals surface area (Å²) in [6.45, 7) is 3.75. The lowest BCUT2D eigenvalue weighted by Crippen LogP contribution is -2.29. The normalized spacial score (nSPS) is 10.8. The molecule has 0 unspecified atom stereocenters. The Kier molecular flexibility index (Phi) is 5.64. The fourth-order valence-electron chi connectivity index (χ4n) is 3.38. The quantitative estimate of drug-likeness (QED) is 0.413. The molecular formula is C23H20N4O3S. The third kappa shape index (κ3) is 4.39. The van der Waals surface area contributed by atoms with Crippen LogP contribution >= 0.6 is 11.3 Å². The van der Waals surface area contributed by atoms with Crippen LogP contribution in [0.3, 0.4) is 0 Å². The molecule has 1 amide bonds. The summed E-state index contributed by atoms with van der Waals surface area (Å²) in [5.74, 6) is -0.840. The molecule has 4 aromatic rings. The highest BCUT2D eigenvalue weighted by Crippen LogP contribution is 2.38. The zero-order valence-corrected chi connectivity index (χ0v) is 17.8. The third-order valence-electron chi connectivity index (χ3n) is 4.85. The summed E-state index contributed by atoms with van der Waals surface area (Å²) < 4.78 is 0. The van der Waals surface area contributed by atoms with Gasteiger partial charge in [0.1, 0.15) is 23.5 Å². The Balaban J connectivity index is 1.64. The summed E-state index contributed by atoms with van der Waals surface area (Å²) in [5, 5.41) is 17.4. The van der Waals surface area contributed by atoms with Gasteiger partial charge >= 0.3 is 5.97 Å². The number of aromatic nitrogens is 2. The van der Waals surface area contributed by atoms with Crippen molar-refractivity contribution in [1.82, 2.24) is 15.3 Å². The van der Waals surface area contributed by atoms with Crippen molar-refractivity contribution >= 4 is 44.9 Å². The fraction of sp³-hybridized carbons (Fsp3) is 0.130. The molecule has 0 aliphatic rings. The fourth-order valence-corrected chi connectivity index (χ4v) is 4.29. The largest absolute Gasteiger partial charge is 0.480 e. The van der Waals surface area contributed by atoms with E-state index in [0.29, 0.717) is 11.4 Å². The van der Waals surface area contributed by atoms with Gasteiger partial charge in [0.25, 0.3) is 5.91 Å². The summed E-state index contributed by atoms with van der Waals surface area (Å²) in [4.78, 5) is 32.4. The number of rotatable bonds is 6. The second-order valence-corrected chi connectivity index (χ2v) is 8.01. The highest BCUT2D eigenvalue weighted by atomic mass is 32.1. The summed E-state index contributed by atoms with van der Waals surface area (Å²) >= 11 is 1.57. The van der Waals surface area contributed by atoms with Crippen LogP contribution in [0.1, 0.15) is 21.5 Å². The molecule has 7 nitrogen and oxygen atoms in total. The topological polar surface area (TPSA) is 104 Å². The predicted octanol–water partition coefficient (Wildman–Crippen LogP) is 4.53. The van der Waals surface area contributed by atoms with Crippen LogP contribution in [0.4, 0.5) is 11.5 Å². The first kappa shape index (κ1) is 20.5. The van der Waals surface area contributed by atoms with Crippen molar-refractivity contribution < 1.29 is 14.7 Å². The Bertz CT molecular complexity index is 1280. The molecule has 2 aromatic carbocycles. The van der Waals surface area contributed by atoms with Gasteiger partial charge in [0.15, 0.2) is 0 Å². The summed E-state index contributed by atoms with van der Waals surface area (Å²) in [6.07, 6.45) is 1.53. The third-order valence-corrected chi connectivity index (χ3v) is 5.74. The lowest BCUT2D eigenvalue weighted by molar-refractivity contribution is -0.135. The maximum Gasteiger partial charge on any atom is 0.322 e. The number of amides is 1. The summed E-state index contributed by atoms with van der Waals surface area (Å²) in [7, 11) is 0. The minimum Gasteiger partial charge on any atom is -0.480 e. The molecule has 0 fully saturated rings. The standard InChI is InChI=1S/C23H20N4O3S/c1-13-3-8-17(14(2)9-13)18-11-31-23-20(18)21(25-12-26-23)27-16-6-4-15(5-7-16)22(30)24-10-19(28)29/h3-9,11-12H,10H2,1-2H3,(H,24,30)(H,28,29)(H,25,26,27). The Morgan fingerprint density at radius 2 is 1.81 bits per heavy atom. The molecule has 0 saturated carbocycles. The van der Waals surface area contributed by atoms with Crippen molar-refractivity contribution in [3.05, 3.63) is 70.9 Å². The molecule has 2 aromatic heterocycles. The molecule has 4 rings (SSSR count). The van der Waals surface area contributed by atoms with E-state index < -0.39 is 18.4 Å². The molecule has 0 radical (unpaired) electrons. The molecule has 2 heterocycles. The van der Waals surface area contributed by atoms with Crippen molar-refractivity contribution in [2.24, 2.45) is 0 Å². The van der Waals surface area contributed by atoms with Gasteiger partial charge < -0.3 is 15.7 Å². The van der Waals surface area contributed by atoms with Crippen LogP contribution in [0.25, 0.3) is 21.3 Å². The molecule has 0 bridgehead atoms. The van der Waals surface area contributed by atoms with E-state index in [9.17, 15) is 9.59 Å². The van der Waals surface area contributed by atoms with Gasteiger partial charge in [0.05, 0.1) is 5.39 Å². The molecular weight excluding hydrogens is 412 g/mol. The number of carbonyl (C=O) groups is 2. The van der Waals surface area contributed by atoms with Crippen LogP contribution in [0.15, 0.2) is 54.2 Å². The highest BCUT2D eigenvalue weighted by Gasteiger charge is 2.15. The van der Waals surface area contributed by atoms with E-state index >= 15 is 0 Å². The first-order valence-corrected chi connectivity index (χ1v) is 10.5. The SMILES string of the molecule is Cc1ccc(-c2csc3ncnc(Nc4ccc(C(=O)NCC(=O)O)cc4)c23)c(C)c1. The van der Waals surface area contributed by atoms with Crippen molar-refractivity contribution in [1.29, 1.82) is 0 Å². The zero-order chi connectivity index (χ0) is 22.0. The number of hydrogen-bond acceptors (Lipinski definition) is 6. The number of aliphatic carboxylic acids is 1. The molecule has 0 spiro atoms. The Morgan fingerprint density at radius 3 is 2.52 bits per heavy atom. The second-order valence-electron chi connectivity index (χ2n) is 7.15. The van der Waals surface area contributed by atoms with E-state index in [-0.39, 0.29) is 0 Å². The van der Waals surface area contributed by atoms with Gasteiger partial charge in [-0.05, 0) is 49.2 Å². The van der Waals surface area contributed by atoms with E-state index in [1.807, 2.05) is 0 Å². The predicted molar refractivity (Wildman–Crippen MR) is 122 cm³/mol. The number of hydrogen-bond donors (Lipinski definition) is 3. The molecule has 0 aliphatic heterocycles. The summed E-state index contributed by atoms with van der Waals surface area (Å²) in [5.41, 5.74) is 5.75. The summed E-state index contributed by atoms with van der Waals surface area (Å²) in [6, 6.07) is 13.2. The number of aryl methyl sites for hydroxylation is 2. The van der Waals surface area contributed by atoms with Gasteiger partial charge in [0, 0.05) is 22.2 Å². The van der Waals surface area contributed by atoms with E-state index in [2.05, 4.69) is 58.0 Å². The van der Waals surface area contributed by atoms with Crippen LogP contribution in [0.2, 0.25) is 0 Å². The number of carbonyl (C=O) groups excluding carboxylic acids is 1. The molecule has 156 valence electrons. The number of benzene rings is 2. The van der Waals surface area contributed by atoms with E-state index in [4.69, 9.17) is 5.11 Å². The number of fused-ring (bicyclic) bond motifs is 1. The maximum absolute atomic E-state index is 12.0. The van der Waals surface area contributed by atoms with E-state index in [0.717, 1.165) is 27.0 Å². The first-order chi connectivity index (χ1) is 14.9. The monoisotopic (exact) mass is 432 g/mol. The lowest BCUT2D eigenvalue weighted by atomic mass is 9.99. The number of thiophene rings is 1. The number of carboxylic acid groups (broad SMARTS) is 1. The zero-order valence-electron chi connectivity index (χ0n) is 17.0. The number of nitrogens with zero attached hydrogens (tertiary/aromatic N) is 2. The van der Waals surface area contributed by atoms with E-state index in [1.165, 1.54) is 17.5 Å². The van der Waals surface area contributed by atoms with Crippen molar-refractivity contribution in [3.8, 4) is 11.1 Å². The first-order valence-electron chi connectivity index (χ1n) is 9.59. The van der Waals surface area contributed by atoms with Crippen LogP contribution < -0.4 is 10.6 Å². The van der Waals surface area contributed by atoms with Crippen LogP contribution in [-0.2, 0) is 4.79 Å². The molecule has 0 saturated heterocycles. The minimum atomic E-state index is -1.09. The number of nitrogens with one attached hydrogen (secondary N) is 2. The maximum atomic E-state index is 12.0. The average molecular weight is 433 g/mol. The van der Waals surface area contributed by atoms with Crippen LogP contribution in [0, 0.1) is 13.8 Å². The van der Waals surface area contributed by atoms with Crippen molar-refractivity contribution in [3.63, 3.8) is 0 Å². The number of anilines is 2. The average Bonchev–Trinajstić information content (AvgIpc) is 3.17. The van der Waals surface area contributed by atoms with Gasteiger partial charge in [-0.15, -0.1) is 11.3 Å². The Labute approximate surface area is 182 Å². The molecule has 0 atom stereocenters. The molecule has 31 heavy (non-hydrogen) atoms. The van der Waals surface area contributed by atoms with E-state index in [1.54, 1.807) is 35.6 Å². The smallest absolute Gasteiger partial charge is 0.322 e. The lowest BCUT2D eigenvalue weighted by Gasteiger charge is -2.11. The minimum absolute atomic E-state index is 0.381. The van der Waals surface area contributed by atoms with Crippen LogP contribution in [-0.4, -0.2) is 33.5 Å². The Morgan fingerprint density at radius 1 is 1.03 bits per heavy atom. The molecule has 0 aliphatic carbocycles. The second kappa shape index (κ2) is 8.53. The van der Waals surface area contributed by atoms with Crippen LogP contribution in [0.5, 0.6) is 0 Å². The van der Waals surface area contributed by atoms with Gasteiger partial charge in [0.2, 0.25) is 0 Å². The van der Waals surface area contributed by atoms with Crippen molar-refractivity contribution in [2.45, 2.75) is 13.8 Å². The molecule has 8 heteroatoms. The molecule has 3 N–H and O–H groups in total.